The van der Waals surface area contributed by atoms with Crippen molar-refractivity contribution < 1.29 is 55.4 Å². The Morgan fingerprint density at radius 3 is 0.798 bits per heavy atom. The molecule has 514 valence electrons. The van der Waals surface area contributed by atoms with Gasteiger partial charge in [0.05, 0.1) is 0 Å². The van der Waals surface area contributed by atoms with Crippen molar-refractivity contribution in [2.24, 2.45) is 0 Å². The maximum Gasteiger partial charge on any atom is 0.178 e. The Hall–Kier alpha value is -13.1. The summed E-state index contributed by atoms with van der Waals surface area (Å²) in [4.78, 5) is 12.1. The summed E-state index contributed by atoms with van der Waals surface area (Å²) in [6, 6.07) is 104. The largest absolute Gasteiger partial charge is 0.508 e. The van der Waals surface area contributed by atoms with Crippen molar-refractivity contribution in [3.63, 3.8) is 0 Å². The van der Waals surface area contributed by atoms with Crippen LogP contribution in [0.15, 0.2) is 334 Å². The Kier molecular flexibility index (Phi) is 19.1. The van der Waals surface area contributed by atoms with E-state index in [1.807, 2.05) is 188 Å². The number of para-hydroxylation sites is 3. The van der Waals surface area contributed by atoms with Crippen molar-refractivity contribution in [3.8, 4) is 69.0 Å². The van der Waals surface area contributed by atoms with Gasteiger partial charge in [0.1, 0.15) is 57.5 Å². The second-order valence-electron chi connectivity index (χ2n) is 27.0. The molecule has 0 heterocycles. The van der Waals surface area contributed by atoms with Crippen LogP contribution in [-0.2, 0) is 10.8 Å². The first-order chi connectivity index (χ1) is 50.4. The maximum atomic E-state index is 12.0. The highest BCUT2D eigenvalue weighted by molar-refractivity contribution is 5.60. The Morgan fingerprint density at radius 1 is 0.221 bits per heavy atom. The zero-order valence-electron chi connectivity index (χ0n) is 57.4. The summed E-state index contributed by atoms with van der Waals surface area (Å²) >= 11 is 0. The van der Waals surface area contributed by atoms with Crippen molar-refractivity contribution in [2.75, 3.05) is 0 Å². The van der Waals surface area contributed by atoms with Gasteiger partial charge < -0.3 is 45.6 Å². The summed E-state index contributed by atoms with van der Waals surface area (Å²) in [5.74, 6) is 1.35. The van der Waals surface area contributed by atoms with Crippen LogP contribution < -0.4 is 14.5 Å². The lowest BCUT2D eigenvalue weighted by Gasteiger charge is -2.33. The van der Waals surface area contributed by atoms with Gasteiger partial charge in [-0.2, -0.15) is 0 Å². The first-order valence-corrected chi connectivity index (χ1v) is 34.4. The number of phenolic OH excluding ortho intramolecular Hbond substituents is 8. The van der Waals surface area contributed by atoms with E-state index in [1.165, 1.54) is 0 Å². The minimum Gasteiger partial charge on any atom is -0.508 e. The smallest absolute Gasteiger partial charge is 0.178 e. The molecule has 0 aliphatic heterocycles. The molecule has 0 saturated heterocycles. The van der Waals surface area contributed by atoms with E-state index in [2.05, 4.69) is 69.3 Å². The minimum atomic E-state index is -0.728. The Labute approximate surface area is 604 Å². The van der Waals surface area contributed by atoms with Gasteiger partial charge in [-0.05, 0) is 188 Å². The average Bonchev–Trinajstić information content (AvgIpc) is 0.794. The molecule has 0 saturated carbocycles. The lowest BCUT2D eigenvalue weighted by molar-refractivity contribution is -0.0999. The van der Waals surface area contributed by atoms with E-state index in [0.29, 0.717) is 45.3 Å². The van der Waals surface area contributed by atoms with Crippen molar-refractivity contribution in [1.82, 2.24) is 0 Å². The van der Waals surface area contributed by atoms with Gasteiger partial charge in [0.15, 0.2) is 11.5 Å². The standard InChI is InChI=1S/C93H76O11/c1-92(2,68-36-48-75(97)49-37-68)67-32-34-69(35-33-67)93(3,70-38-52-76(53-39-70)102-79-56-57-83(87(101)58-79)91(82-12-6-9-15-86(82)100)66-22-20-65(21-23-66)90(80-10-4-7-13-84(80)98)81-11-5-8-14-85(81)99)71-40-54-78(55-41-71)104-103-77-50-30-64(31-51-77)89(63-28-46-74(96)47-29-63)60-18-16-59(17-19-60)88(61-24-42-72(94)43-25-61)62-26-44-73(95)45-27-62/h4-58,88-91,94-101H,1-3H3. The molecular weight excluding hydrogens is 1290 g/mol. The molecule has 8 N–H and O–H groups in total. The van der Waals surface area contributed by atoms with Crippen molar-refractivity contribution in [1.29, 1.82) is 0 Å². The predicted molar refractivity (Wildman–Crippen MR) is 406 cm³/mol. The Balaban J connectivity index is 0.717. The molecule has 0 aliphatic rings. The third kappa shape index (κ3) is 14.2. The van der Waals surface area contributed by atoms with Gasteiger partial charge in [0.25, 0.3) is 0 Å². The molecule has 14 aromatic rings. The minimum absolute atomic E-state index is 0.0426. The molecule has 0 aliphatic carbocycles. The number of ether oxygens (including phenoxy) is 1. The van der Waals surface area contributed by atoms with Crippen LogP contribution in [0.5, 0.6) is 69.0 Å². The lowest BCUT2D eigenvalue weighted by atomic mass is 9.70. The topological polar surface area (TPSA) is 190 Å². The number of aromatic hydroxyl groups is 8. The molecule has 0 spiro atoms. The first kappa shape index (κ1) is 68.0. The number of hydrogen-bond acceptors (Lipinski definition) is 11. The molecule has 104 heavy (non-hydrogen) atoms. The van der Waals surface area contributed by atoms with Crippen molar-refractivity contribution in [2.45, 2.75) is 55.3 Å². The van der Waals surface area contributed by atoms with Crippen LogP contribution in [0.4, 0.5) is 0 Å². The highest BCUT2D eigenvalue weighted by atomic mass is 17.2. The summed E-state index contributed by atoms with van der Waals surface area (Å²) in [5, 5.41) is 86.3. The Bertz CT molecular complexity index is 5170. The number of rotatable bonds is 22. The van der Waals surface area contributed by atoms with E-state index in [4.69, 9.17) is 14.5 Å². The fraction of sp³-hybridized carbons (Fsp3) is 0.0968. The molecule has 0 radical (unpaired) electrons. The van der Waals surface area contributed by atoms with Crippen LogP contribution in [0.25, 0.3) is 0 Å². The fourth-order valence-electron chi connectivity index (χ4n) is 14.4. The Morgan fingerprint density at radius 2 is 0.462 bits per heavy atom. The van der Waals surface area contributed by atoms with Gasteiger partial charge in [0.2, 0.25) is 0 Å². The lowest BCUT2D eigenvalue weighted by Crippen LogP contribution is -2.26. The van der Waals surface area contributed by atoms with E-state index >= 15 is 0 Å². The van der Waals surface area contributed by atoms with Crippen molar-refractivity contribution >= 4 is 0 Å². The molecular formula is C93H76O11. The highest BCUT2D eigenvalue weighted by Crippen LogP contribution is 2.47. The molecule has 11 nitrogen and oxygen atoms in total. The molecule has 3 atom stereocenters. The van der Waals surface area contributed by atoms with Gasteiger partial charge in [-0.3, -0.25) is 9.78 Å². The van der Waals surface area contributed by atoms with Crippen LogP contribution in [0, 0.1) is 0 Å². The number of phenols is 8. The third-order valence-electron chi connectivity index (χ3n) is 20.3. The average molecular weight is 1370 g/mol. The zero-order chi connectivity index (χ0) is 72.1. The number of benzene rings is 14. The summed E-state index contributed by atoms with van der Waals surface area (Å²) in [6.45, 7) is 6.53. The summed E-state index contributed by atoms with van der Waals surface area (Å²) < 4.78 is 6.52. The van der Waals surface area contributed by atoms with Gasteiger partial charge in [0, 0.05) is 62.8 Å². The van der Waals surface area contributed by atoms with E-state index in [0.717, 1.165) is 72.3 Å². The predicted octanol–water partition coefficient (Wildman–Crippen LogP) is 20.9. The summed E-state index contributed by atoms with van der Waals surface area (Å²) in [7, 11) is 0. The SMILES string of the molecule is CC(C)(c1ccc(O)cc1)c1ccc(C(C)(c2ccc(OOc3ccc(C(c4ccc(O)cc4)c4ccc(C(c5ccc(O)cc5)c5ccc(O)cc5)cc4)cc3)cc2)c2ccc(Oc3ccc(C(c4ccc(C(c5ccccc5O)c5ccccc5O)cc4)c4ccccc4O)c(O)c3)cc2)cc1. The summed E-state index contributed by atoms with van der Waals surface area (Å²) in [5.41, 5.74) is 14.0. The van der Waals surface area contributed by atoms with E-state index in [9.17, 15) is 40.9 Å². The van der Waals surface area contributed by atoms with E-state index in [-0.39, 0.29) is 63.2 Å². The molecule has 0 amide bonds. The molecule has 14 rings (SSSR count). The highest BCUT2D eigenvalue weighted by Gasteiger charge is 2.34. The van der Waals surface area contributed by atoms with E-state index in [1.54, 1.807) is 97.1 Å². The van der Waals surface area contributed by atoms with Gasteiger partial charge in [-0.15, -0.1) is 0 Å². The van der Waals surface area contributed by atoms with Crippen LogP contribution in [-0.4, -0.2) is 40.9 Å². The quantitative estimate of drug-likeness (QED) is 0.0183. The molecule has 0 bridgehead atoms. The van der Waals surface area contributed by atoms with Crippen LogP contribution >= 0.6 is 0 Å². The second-order valence-corrected chi connectivity index (χ2v) is 27.0. The normalized spacial score (nSPS) is 12.7. The molecule has 3 unspecified atom stereocenters. The van der Waals surface area contributed by atoms with E-state index < -0.39 is 17.3 Å². The van der Waals surface area contributed by atoms with Gasteiger partial charge in [-0.1, -0.05) is 232 Å². The maximum absolute atomic E-state index is 12.0. The van der Waals surface area contributed by atoms with Crippen LogP contribution in [0.1, 0.15) is 139 Å². The van der Waals surface area contributed by atoms with Gasteiger partial charge in [-0.25, -0.2) is 0 Å². The molecule has 14 aromatic carbocycles. The molecule has 0 fully saturated rings. The molecule has 0 aromatic heterocycles. The van der Waals surface area contributed by atoms with Crippen LogP contribution in [0.3, 0.4) is 0 Å². The fourth-order valence-corrected chi connectivity index (χ4v) is 14.4. The zero-order valence-corrected chi connectivity index (χ0v) is 57.4. The molecule has 11 heteroatoms. The monoisotopic (exact) mass is 1370 g/mol. The third-order valence-corrected chi connectivity index (χ3v) is 20.3. The summed E-state index contributed by atoms with van der Waals surface area (Å²) in [6.07, 6.45) is 0. The number of hydrogen-bond donors (Lipinski definition) is 8. The first-order valence-electron chi connectivity index (χ1n) is 34.4. The van der Waals surface area contributed by atoms with Crippen LogP contribution in [0.2, 0.25) is 0 Å². The van der Waals surface area contributed by atoms with Crippen molar-refractivity contribution in [3.05, 3.63) is 428 Å². The second kappa shape index (κ2) is 29.2. The van der Waals surface area contributed by atoms with Gasteiger partial charge >= 0.3 is 0 Å².